The van der Waals surface area contributed by atoms with Crippen LogP contribution < -0.4 is 10.0 Å². The van der Waals surface area contributed by atoms with E-state index in [1.807, 2.05) is 36.4 Å². The van der Waals surface area contributed by atoms with Crippen LogP contribution in [0, 0.1) is 0 Å². The minimum Gasteiger partial charge on any atom is -0.550 e. The van der Waals surface area contributed by atoms with Crippen LogP contribution in [0.15, 0.2) is 52.9 Å². The average Bonchev–Trinajstić information content (AvgIpc) is 3.12. The molecule has 0 N–H and O–H groups in total. The van der Waals surface area contributed by atoms with Gasteiger partial charge in [-0.15, -0.1) is 0 Å². The molecule has 0 saturated carbocycles. The molecule has 0 fully saturated rings. The lowest BCUT2D eigenvalue weighted by molar-refractivity contribution is -0.304. The third-order valence-electron chi connectivity index (χ3n) is 4.49. The lowest BCUT2D eigenvalue weighted by Crippen LogP contribution is -2.24. The highest BCUT2D eigenvalue weighted by Crippen LogP contribution is 2.26. The van der Waals surface area contributed by atoms with E-state index >= 15 is 0 Å². The highest BCUT2D eigenvalue weighted by atomic mass is 16.4. The van der Waals surface area contributed by atoms with Gasteiger partial charge in [0, 0.05) is 36.7 Å². The number of carbonyl (C=O) groups is 1. The van der Waals surface area contributed by atoms with E-state index in [9.17, 15) is 9.90 Å². The Morgan fingerprint density at radius 1 is 1.07 bits per heavy atom. The molecule has 5 heteroatoms. The van der Waals surface area contributed by atoms with Gasteiger partial charge >= 0.3 is 0 Å². The molecule has 0 atom stereocenters. The van der Waals surface area contributed by atoms with Crippen LogP contribution in [0.4, 0.5) is 5.69 Å². The molecule has 28 heavy (non-hydrogen) atoms. The number of carboxylic acid groups (broad SMARTS) is 1. The number of carbonyl (C=O) groups excluding carboxylic acids is 1. The Balaban J connectivity index is 1.90. The third kappa shape index (κ3) is 4.80. The summed E-state index contributed by atoms with van der Waals surface area (Å²) in [6.07, 6.45) is 3.73. The quantitative estimate of drug-likeness (QED) is 0.561. The van der Waals surface area contributed by atoms with Crippen LogP contribution in [-0.4, -0.2) is 24.0 Å². The SMILES string of the molecule is CCCN(CCC)c1ccc(/C=C(\CC(=O)[O-])c2nc3ccccc3o2)cc1. The first-order valence-corrected chi connectivity index (χ1v) is 9.72. The minimum atomic E-state index is -1.16. The number of aromatic nitrogens is 1. The molecule has 1 heterocycles. The van der Waals surface area contributed by atoms with Crippen LogP contribution in [0.25, 0.3) is 22.7 Å². The highest BCUT2D eigenvalue weighted by Gasteiger charge is 2.12. The number of rotatable bonds is 9. The zero-order chi connectivity index (χ0) is 19.9. The normalized spacial score (nSPS) is 11.7. The van der Waals surface area contributed by atoms with Crippen molar-refractivity contribution in [2.75, 3.05) is 18.0 Å². The molecule has 0 saturated heterocycles. The smallest absolute Gasteiger partial charge is 0.223 e. The van der Waals surface area contributed by atoms with Crippen LogP contribution in [-0.2, 0) is 4.79 Å². The number of fused-ring (bicyclic) bond motifs is 1. The predicted octanol–water partition coefficient (Wildman–Crippen LogP) is 4.13. The molecule has 0 amide bonds. The minimum absolute atomic E-state index is 0.258. The highest BCUT2D eigenvalue weighted by molar-refractivity contribution is 5.90. The summed E-state index contributed by atoms with van der Waals surface area (Å²) in [6, 6.07) is 15.5. The van der Waals surface area contributed by atoms with Crippen LogP contribution in [0.5, 0.6) is 0 Å². The zero-order valence-corrected chi connectivity index (χ0v) is 16.4. The van der Waals surface area contributed by atoms with Crippen LogP contribution in [0.1, 0.15) is 44.6 Å². The van der Waals surface area contributed by atoms with E-state index in [0.29, 0.717) is 22.6 Å². The number of para-hydroxylation sites is 2. The fraction of sp³-hybridized carbons (Fsp3) is 0.304. The van der Waals surface area contributed by atoms with Crippen molar-refractivity contribution in [2.24, 2.45) is 0 Å². The van der Waals surface area contributed by atoms with Gasteiger partial charge in [-0.2, -0.15) is 0 Å². The number of benzene rings is 2. The summed E-state index contributed by atoms with van der Waals surface area (Å²) in [5.41, 5.74) is 3.89. The first kappa shape index (κ1) is 19.7. The van der Waals surface area contributed by atoms with E-state index in [4.69, 9.17) is 4.42 Å². The second kappa shape index (κ2) is 9.22. The number of hydrogen-bond donors (Lipinski definition) is 0. The molecule has 3 rings (SSSR count). The number of anilines is 1. The lowest BCUT2D eigenvalue weighted by atomic mass is 10.1. The van der Waals surface area contributed by atoms with Gasteiger partial charge in [-0.25, -0.2) is 4.98 Å². The number of hydrogen-bond acceptors (Lipinski definition) is 5. The van der Waals surface area contributed by atoms with Crippen LogP contribution >= 0.6 is 0 Å². The van der Waals surface area contributed by atoms with E-state index in [1.165, 1.54) is 5.69 Å². The summed E-state index contributed by atoms with van der Waals surface area (Å²) < 4.78 is 5.75. The molecule has 1 aromatic heterocycles. The topological polar surface area (TPSA) is 69.4 Å². The first-order chi connectivity index (χ1) is 13.6. The molecular formula is C23H25N2O3-. The van der Waals surface area contributed by atoms with Gasteiger partial charge in [-0.3, -0.25) is 0 Å². The summed E-state index contributed by atoms with van der Waals surface area (Å²) >= 11 is 0. The van der Waals surface area contributed by atoms with Gasteiger partial charge in [0.1, 0.15) is 5.52 Å². The lowest BCUT2D eigenvalue weighted by Gasteiger charge is -2.23. The molecule has 0 unspecified atom stereocenters. The van der Waals surface area contributed by atoms with Crippen LogP contribution in [0.2, 0.25) is 0 Å². The summed E-state index contributed by atoms with van der Waals surface area (Å²) in [5, 5.41) is 11.2. The Hall–Kier alpha value is -3.08. The van der Waals surface area contributed by atoms with Gasteiger partial charge in [0.05, 0.1) is 0 Å². The standard InChI is InChI=1S/C23H26N2O3/c1-3-13-25(14-4-2)19-11-9-17(10-12-19)15-18(16-22(26)27)23-24-20-7-5-6-8-21(20)28-23/h5-12,15H,3-4,13-14,16H2,1-2H3,(H,26,27)/p-1/b18-15+. The summed E-state index contributed by atoms with van der Waals surface area (Å²) in [7, 11) is 0. The van der Waals surface area contributed by atoms with Crippen molar-refractivity contribution in [1.29, 1.82) is 0 Å². The number of aliphatic carboxylic acids is 1. The maximum Gasteiger partial charge on any atom is 0.223 e. The van der Waals surface area contributed by atoms with E-state index in [1.54, 1.807) is 6.08 Å². The van der Waals surface area contributed by atoms with E-state index in [0.717, 1.165) is 31.5 Å². The van der Waals surface area contributed by atoms with Crippen molar-refractivity contribution >= 4 is 34.4 Å². The van der Waals surface area contributed by atoms with Gasteiger partial charge in [0.15, 0.2) is 5.58 Å². The Morgan fingerprint density at radius 3 is 2.36 bits per heavy atom. The first-order valence-electron chi connectivity index (χ1n) is 9.72. The molecule has 0 aliphatic heterocycles. The Bertz CT molecular complexity index is 918. The average molecular weight is 377 g/mol. The van der Waals surface area contributed by atoms with Crippen molar-refractivity contribution in [1.82, 2.24) is 4.98 Å². The van der Waals surface area contributed by atoms with Crippen molar-refractivity contribution in [2.45, 2.75) is 33.1 Å². The van der Waals surface area contributed by atoms with Crippen molar-refractivity contribution in [3.63, 3.8) is 0 Å². The van der Waals surface area contributed by atoms with E-state index < -0.39 is 5.97 Å². The molecule has 0 aliphatic carbocycles. The van der Waals surface area contributed by atoms with Gasteiger partial charge in [-0.05, 0) is 48.7 Å². The Labute approximate surface area is 165 Å². The Kier molecular flexibility index (Phi) is 6.48. The molecule has 0 spiro atoms. The molecule has 146 valence electrons. The molecule has 2 aromatic carbocycles. The van der Waals surface area contributed by atoms with Gasteiger partial charge in [-0.1, -0.05) is 38.1 Å². The fourth-order valence-electron chi connectivity index (χ4n) is 3.25. The maximum atomic E-state index is 11.2. The van der Waals surface area contributed by atoms with Crippen LogP contribution in [0.3, 0.4) is 0 Å². The monoisotopic (exact) mass is 377 g/mol. The number of nitrogens with zero attached hydrogens (tertiary/aromatic N) is 2. The van der Waals surface area contributed by atoms with E-state index in [2.05, 4.69) is 35.9 Å². The summed E-state index contributed by atoms with van der Waals surface area (Å²) in [6.45, 7) is 6.38. The second-order valence-electron chi connectivity index (χ2n) is 6.78. The second-order valence-corrected chi connectivity index (χ2v) is 6.78. The molecule has 5 nitrogen and oxygen atoms in total. The van der Waals surface area contributed by atoms with Crippen molar-refractivity contribution < 1.29 is 14.3 Å². The summed E-state index contributed by atoms with van der Waals surface area (Å²) in [5.74, 6) is -0.852. The molecule has 0 radical (unpaired) electrons. The molecule has 3 aromatic rings. The van der Waals surface area contributed by atoms with E-state index in [-0.39, 0.29) is 6.42 Å². The van der Waals surface area contributed by atoms with Crippen molar-refractivity contribution in [3.8, 4) is 0 Å². The molecule has 0 bridgehead atoms. The molecule has 0 aliphatic rings. The van der Waals surface area contributed by atoms with Gasteiger partial charge < -0.3 is 19.2 Å². The third-order valence-corrected chi connectivity index (χ3v) is 4.49. The predicted molar refractivity (Wildman–Crippen MR) is 111 cm³/mol. The van der Waals surface area contributed by atoms with Gasteiger partial charge in [0.2, 0.25) is 5.89 Å². The number of carboxylic acids is 1. The zero-order valence-electron chi connectivity index (χ0n) is 16.4. The summed E-state index contributed by atoms with van der Waals surface area (Å²) in [4.78, 5) is 18.0. The largest absolute Gasteiger partial charge is 0.550 e. The maximum absolute atomic E-state index is 11.2. The van der Waals surface area contributed by atoms with Gasteiger partial charge in [0.25, 0.3) is 0 Å². The number of oxazole rings is 1. The van der Waals surface area contributed by atoms with Crippen molar-refractivity contribution in [3.05, 3.63) is 60.0 Å². The Morgan fingerprint density at radius 2 is 1.75 bits per heavy atom. The fourth-order valence-corrected chi connectivity index (χ4v) is 3.25. The molecular weight excluding hydrogens is 352 g/mol.